The quantitative estimate of drug-likeness (QED) is 0.717. The van der Waals surface area contributed by atoms with Crippen molar-refractivity contribution in [2.24, 2.45) is 0 Å². The van der Waals surface area contributed by atoms with Gasteiger partial charge in [-0.15, -0.1) is 0 Å². The van der Waals surface area contributed by atoms with Crippen LogP contribution < -0.4 is 0 Å². The van der Waals surface area contributed by atoms with E-state index in [4.69, 9.17) is 4.98 Å². The summed E-state index contributed by atoms with van der Waals surface area (Å²) in [5.41, 5.74) is 3.69. The maximum Gasteiger partial charge on any atom is 0.133 e. The molecule has 1 heterocycles. The van der Waals surface area contributed by atoms with Crippen molar-refractivity contribution in [2.45, 2.75) is 44.9 Å². The van der Waals surface area contributed by atoms with E-state index < -0.39 is 0 Å². The van der Waals surface area contributed by atoms with Crippen molar-refractivity contribution in [1.82, 2.24) is 9.97 Å². The molecule has 0 amide bonds. The Morgan fingerprint density at radius 3 is 2.25 bits per heavy atom. The number of hydrogen-bond acceptors (Lipinski definition) is 2. The molecule has 0 aliphatic heterocycles. The molecule has 0 atom stereocenters. The summed E-state index contributed by atoms with van der Waals surface area (Å²) >= 11 is 3.50. The minimum atomic E-state index is 0.184. The molecule has 0 saturated heterocycles. The Morgan fingerprint density at radius 2 is 1.70 bits per heavy atom. The van der Waals surface area contributed by atoms with E-state index in [9.17, 15) is 0 Å². The molecule has 3 heteroatoms. The van der Waals surface area contributed by atoms with Gasteiger partial charge in [-0.2, -0.15) is 0 Å². The van der Waals surface area contributed by atoms with Crippen LogP contribution in [0.3, 0.4) is 0 Å². The molecule has 1 fully saturated rings. The summed E-state index contributed by atoms with van der Waals surface area (Å²) in [7, 11) is 0. The molecule has 0 spiro atoms. The number of aromatic nitrogens is 2. The third-order valence-electron chi connectivity index (χ3n) is 3.70. The van der Waals surface area contributed by atoms with Gasteiger partial charge >= 0.3 is 0 Å². The average Bonchev–Trinajstić information content (AvgIpc) is 3.21. The monoisotopic (exact) mass is 330 g/mol. The van der Waals surface area contributed by atoms with Crippen molar-refractivity contribution >= 4 is 15.9 Å². The third kappa shape index (κ3) is 2.93. The Hall–Kier alpha value is -1.22. The van der Waals surface area contributed by atoms with Gasteiger partial charge in [0.25, 0.3) is 0 Å². The zero-order valence-electron chi connectivity index (χ0n) is 12.2. The van der Waals surface area contributed by atoms with Gasteiger partial charge in [-0.25, -0.2) is 9.97 Å². The topological polar surface area (TPSA) is 25.8 Å². The first-order chi connectivity index (χ1) is 9.43. The highest BCUT2D eigenvalue weighted by molar-refractivity contribution is 9.10. The summed E-state index contributed by atoms with van der Waals surface area (Å²) in [6, 6.07) is 10.7. The first-order valence-corrected chi connectivity index (χ1v) is 7.88. The van der Waals surface area contributed by atoms with Gasteiger partial charge < -0.3 is 0 Å². The van der Waals surface area contributed by atoms with Crippen LogP contribution in [0.1, 0.15) is 50.9 Å². The van der Waals surface area contributed by atoms with Crippen molar-refractivity contribution in [3.8, 4) is 11.3 Å². The van der Waals surface area contributed by atoms with E-state index >= 15 is 0 Å². The SMILES string of the molecule is CC(C)(C)c1ccc(-c2cc(Br)nc(C3CC3)n2)cc1. The molecule has 1 aliphatic carbocycles. The first kappa shape index (κ1) is 13.7. The molecule has 1 saturated carbocycles. The summed E-state index contributed by atoms with van der Waals surface area (Å²) in [6.45, 7) is 6.69. The number of halogens is 1. The lowest BCUT2D eigenvalue weighted by molar-refractivity contribution is 0.590. The van der Waals surface area contributed by atoms with Gasteiger partial charge in [0, 0.05) is 11.5 Å². The minimum Gasteiger partial charge on any atom is -0.233 e. The van der Waals surface area contributed by atoms with E-state index in [0.29, 0.717) is 5.92 Å². The lowest BCUT2D eigenvalue weighted by Gasteiger charge is -2.19. The first-order valence-electron chi connectivity index (χ1n) is 7.09. The van der Waals surface area contributed by atoms with E-state index in [1.54, 1.807) is 0 Å². The largest absolute Gasteiger partial charge is 0.233 e. The average molecular weight is 331 g/mol. The fourth-order valence-corrected chi connectivity index (χ4v) is 2.65. The van der Waals surface area contributed by atoms with E-state index in [2.05, 4.69) is 66.0 Å². The van der Waals surface area contributed by atoms with Crippen LogP contribution >= 0.6 is 15.9 Å². The highest BCUT2D eigenvalue weighted by Crippen LogP contribution is 2.39. The van der Waals surface area contributed by atoms with Crippen molar-refractivity contribution in [1.29, 1.82) is 0 Å². The molecular formula is C17H19BrN2. The molecule has 0 bridgehead atoms. The fourth-order valence-electron chi connectivity index (χ4n) is 2.25. The Balaban J connectivity index is 1.96. The summed E-state index contributed by atoms with van der Waals surface area (Å²) < 4.78 is 0.879. The highest BCUT2D eigenvalue weighted by atomic mass is 79.9. The van der Waals surface area contributed by atoms with Gasteiger partial charge in [-0.05, 0) is 45.8 Å². The molecule has 2 aromatic rings. The van der Waals surface area contributed by atoms with Crippen LogP contribution in [-0.4, -0.2) is 9.97 Å². The molecule has 2 nitrogen and oxygen atoms in total. The van der Waals surface area contributed by atoms with Crippen LogP contribution in [0.5, 0.6) is 0 Å². The number of benzene rings is 1. The van der Waals surface area contributed by atoms with E-state index in [1.165, 1.54) is 18.4 Å². The summed E-state index contributed by atoms with van der Waals surface area (Å²) in [5, 5.41) is 0. The standard InChI is InChI=1S/C17H19BrN2/c1-17(2,3)13-8-6-11(7-9-13)14-10-15(18)20-16(19-14)12-4-5-12/h6-10,12H,4-5H2,1-3H3. The number of hydrogen-bond donors (Lipinski definition) is 0. The van der Waals surface area contributed by atoms with Gasteiger partial charge in [0.2, 0.25) is 0 Å². The lowest BCUT2D eigenvalue weighted by Crippen LogP contribution is -2.10. The van der Waals surface area contributed by atoms with Crippen LogP contribution in [0.15, 0.2) is 34.9 Å². The van der Waals surface area contributed by atoms with Crippen LogP contribution in [-0.2, 0) is 5.41 Å². The van der Waals surface area contributed by atoms with Gasteiger partial charge in [-0.3, -0.25) is 0 Å². The Labute approximate surface area is 128 Å². The molecule has 1 aromatic heterocycles. The highest BCUT2D eigenvalue weighted by Gasteiger charge is 2.27. The number of rotatable bonds is 2. The van der Waals surface area contributed by atoms with Gasteiger partial charge in [0.1, 0.15) is 10.4 Å². The molecule has 3 rings (SSSR count). The molecule has 0 N–H and O–H groups in total. The molecular weight excluding hydrogens is 312 g/mol. The van der Waals surface area contributed by atoms with Crippen molar-refractivity contribution < 1.29 is 0 Å². The second-order valence-electron chi connectivity index (χ2n) is 6.54. The maximum absolute atomic E-state index is 4.72. The minimum absolute atomic E-state index is 0.184. The Kier molecular flexibility index (Phi) is 3.41. The van der Waals surface area contributed by atoms with Crippen LogP contribution in [0.2, 0.25) is 0 Å². The summed E-state index contributed by atoms with van der Waals surface area (Å²) in [6.07, 6.45) is 2.44. The van der Waals surface area contributed by atoms with Crippen molar-refractivity contribution in [3.05, 3.63) is 46.3 Å². The van der Waals surface area contributed by atoms with E-state index in [-0.39, 0.29) is 5.41 Å². The van der Waals surface area contributed by atoms with E-state index in [1.807, 2.05) is 6.07 Å². The smallest absolute Gasteiger partial charge is 0.133 e. The van der Waals surface area contributed by atoms with Crippen molar-refractivity contribution in [3.63, 3.8) is 0 Å². The zero-order valence-corrected chi connectivity index (χ0v) is 13.7. The van der Waals surface area contributed by atoms with Crippen LogP contribution in [0, 0.1) is 0 Å². The second kappa shape index (κ2) is 4.96. The van der Waals surface area contributed by atoms with Crippen LogP contribution in [0.25, 0.3) is 11.3 Å². The predicted octanol–water partition coefficient (Wildman–Crippen LogP) is 5.08. The third-order valence-corrected chi connectivity index (χ3v) is 4.11. The molecule has 1 aromatic carbocycles. The van der Waals surface area contributed by atoms with Crippen molar-refractivity contribution in [2.75, 3.05) is 0 Å². The van der Waals surface area contributed by atoms with Gasteiger partial charge in [-0.1, -0.05) is 45.0 Å². The molecule has 0 unspecified atom stereocenters. The zero-order chi connectivity index (χ0) is 14.3. The normalized spacial score (nSPS) is 15.4. The number of nitrogens with zero attached hydrogens (tertiary/aromatic N) is 2. The summed E-state index contributed by atoms with van der Waals surface area (Å²) in [5.74, 6) is 1.55. The fraction of sp³-hybridized carbons (Fsp3) is 0.412. The molecule has 0 radical (unpaired) electrons. The second-order valence-corrected chi connectivity index (χ2v) is 7.35. The molecule has 1 aliphatic rings. The Morgan fingerprint density at radius 1 is 1.05 bits per heavy atom. The Bertz CT molecular complexity index is 622. The molecule has 20 heavy (non-hydrogen) atoms. The van der Waals surface area contributed by atoms with E-state index in [0.717, 1.165) is 21.7 Å². The van der Waals surface area contributed by atoms with Crippen LogP contribution in [0.4, 0.5) is 0 Å². The van der Waals surface area contributed by atoms with Gasteiger partial charge in [0.15, 0.2) is 0 Å². The maximum atomic E-state index is 4.72. The van der Waals surface area contributed by atoms with Gasteiger partial charge in [0.05, 0.1) is 5.69 Å². The predicted molar refractivity (Wildman–Crippen MR) is 85.8 cm³/mol. The lowest BCUT2D eigenvalue weighted by atomic mass is 9.86. The summed E-state index contributed by atoms with van der Waals surface area (Å²) in [4.78, 5) is 9.20. The molecule has 104 valence electrons.